The maximum Gasteiger partial charge on any atom is 0.191 e. The van der Waals surface area contributed by atoms with Crippen molar-refractivity contribution in [3.63, 3.8) is 0 Å². The molecule has 6 heteroatoms. The van der Waals surface area contributed by atoms with Gasteiger partial charge in [-0.3, -0.25) is 4.99 Å². The fourth-order valence-electron chi connectivity index (χ4n) is 2.80. The molecule has 1 rings (SSSR count). The molecular weight excluding hydrogens is 415 g/mol. The minimum atomic E-state index is 0. The number of nitrogens with one attached hydrogen (secondary N) is 2. The predicted octanol–water partition coefficient (Wildman–Crippen LogP) is 2.95. The van der Waals surface area contributed by atoms with Crippen LogP contribution in [-0.4, -0.2) is 63.8 Å². The highest BCUT2D eigenvalue weighted by Crippen LogP contribution is 2.10. The van der Waals surface area contributed by atoms with Crippen LogP contribution < -0.4 is 10.6 Å². The van der Waals surface area contributed by atoms with Gasteiger partial charge in [0, 0.05) is 33.3 Å². The summed E-state index contributed by atoms with van der Waals surface area (Å²) in [7, 11) is 1.82. The van der Waals surface area contributed by atoms with Crippen LogP contribution in [0.1, 0.15) is 46.5 Å². The molecule has 1 aliphatic rings. The first-order valence-electron chi connectivity index (χ1n) is 9.36. The number of piperidine rings is 1. The molecule has 0 aromatic rings. The van der Waals surface area contributed by atoms with Crippen molar-refractivity contribution in [3.8, 4) is 0 Å². The maximum absolute atomic E-state index is 5.61. The molecule has 144 valence electrons. The van der Waals surface area contributed by atoms with Gasteiger partial charge in [-0.25, -0.2) is 0 Å². The van der Waals surface area contributed by atoms with Crippen molar-refractivity contribution in [3.05, 3.63) is 0 Å². The van der Waals surface area contributed by atoms with E-state index in [1.165, 1.54) is 38.9 Å². The zero-order chi connectivity index (χ0) is 16.9. The molecule has 2 N–H and O–H groups in total. The second-order valence-corrected chi connectivity index (χ2v) is 7.14. The maximum atomic E-state index is 5.61. The summed E-state index contributed by atoms with van der Waals surface area (Å²) in [6.07, 6.45) is 5.25. The van der Waals surface area contributed by atoms with Crippen molar-refractivity contribution in [1.29, 1.82) is 0 Å². The van der Waals surface area contributed by atoms with E-state index in [2.05, 4.69) is 41.3 Å². The highest BCUT2D eigenvalue weighted by molar-refractivity contribution is 14.0. The monoisotopic (exact) mass is 454 g/mol. The quantitative estimate of drug-likeness (QED) is 0.231. The van der Waals surface area contributed by atoms with Crippen LogP contribution >= 0.6 is 24.0 Å². The summed E-state index contributed by atoms with van der Waals surface area (Å²) in [5.74, 6) is 2.22. The van der Waals surface area contributed by atoms with E-state index in [9.17, 15) is 0 Å². The van der Waals surface area contributed by atoms with E-state index in [4.69, 9.17) is 4.74 Å². The van der Waals surface area contributed by atoms with E-state index in [1.54, 1.807) is 0 Å². The fourth-order valence-corrected chi connectivity index (χ4v) is 2.80. The molecule has 0 aromatic heterocycles. The molecule has 0 aliphatic carbocycles. The third kappa shape index (κ3) is 12.3. The van der Waals surface area contributed by atoms with Crippen LogP contribution in [0.3, 0.4) is 0 Å². The van der Waals surface area contributed by atoms with Crippen molar-refractivity contribution < 1.29 is 4.74 Å². The highest BCUT2D eigenvalue weighted by Gasteiger charge is 2.13. The summed E-state index contributed by atoms with van der Waals surface area (Å²) in [6, 6.07) is 0. The molecule has 0 amide bonds. The second kappa shape index (κ2) is 15.2. The van der Waals surface area contributed by atoms with Crippen LogP contribution in [0, 0.1) is 11.8 Å². The Bertz CT molecular complexity index is 320. The summed E-state index contributed by atoms with van der Waals surface area (Å²) >= 11 is 0. The molecule has 0 radical (unpaired) electrons. The van der Waals surface area contributed by atoms with E-state index in [-0.39, 0.29) is 24.0 Å². The minimum Gasteiger partial charge on any atom is -0.380 e. The summed E-state index contributed by atoms with van der Waals surface area (Å²) < 4.78 is 5.61. The summed E-state index contributed by atoms with van der Waals surface area (Å²) in [5.41, 5.74) is 0. The first-order valence-corrected chi connectivity index (χ1v) is 9.36. The van der Waals surface area contributed by atoms with Crippen LogP contribution in [0.5, 0.6) is 0 Å². The van der Waals surface area contributed by atoms with Crippen LogP contribution in [0.15, 0.2) is 4.99 Å². The molecule has 0 aromatic carbocycles. The van der Waals surface area contributed by atoms with E-state index in [0.717, 1.165) is 38.7 Å². The molecule has 1 aliphatic heterocycles. The number of rotatable bonds is 10. The van der Waals surface area contributed by atoms with Crippen molar-refractivity contribution in [1.82, 2.24) is 15.5 Å². The first kappa shape index (κ1) is 23.9. The number of hydrogen-bond acceptors (Lipinski definition) is 3. The smallest absolute Gasteiger partial charge is 0.191 e. The molecule has 0 spiro atoms. The summed E-state index contributed by atoms with van der Waals surface area (Å²) in [5, 5.41) is 6.74. The number of nitrogens with zero attached hydrogens (tertiary/aromatic N) is 2. The minimum absolute atomic E-state index is 0. The lowest BCUT2D eigenvalue weighted by atomic mass is 10.1. The SMILES string of the molecule is CN=C(NCCOCCC(C)C)NCC(C)CN1CCCCC1.I. The molecule has 1 heterocycles. The standard InChI is InChI=1S/C18H38N4O.HI/c1-16(2)8-12-23-13-9-20-18(19-4)21-14-17(3)15-22-10-6-5-7-11-22;/h16-17H,5-15H2,1-4H3,(H2,19,20,21);1H. The van der Waals surface area contributed by atoms with Gasteiger partial charge in [0.15, 0.2) is 5.96 Å². The first-order chi connectivity index (χ1) is 11.1. The topological polar surface area (TPSA) is 48.9 Å². The van der Waals surface area contributed by atoms with Gasteiger partial charge in [-0.1, -0.05) is 27.2 Å². The van der Waals surface area contributed by atoms with Gasteiger partial charge in [-0.15, -0.1) is 24.0 Å². The van der Waals surface area contributed by atoms with Crippen LogP contribution in [-0.2, 0) is 4.74 Å². The molecule has 5 nitrogen and oxygen atoms in total. The van der Waals surface area contributed by atoms with Gasteiger partial charge < -0.3 is 20.3 Å². The molecule has 1 unspecified atom stereocenters. The van der Waals surface area contributed by atoms with Crippen LogP contribution in [0.2, 0.25) is 0 Å². The number of hydrogen-bond donors (Lipinski definition) is 2. The summed E-state index contributed by atoms with van der Waals surface area (Å²) in [4.78, 5) is 6.87. The van der Waals surface area contributed by atoms with Gasteiger partial charge in [0.05, 0.1) is 6.61 Å². The lowest BCUT2D eigenvalue weighted by Gasteiger charge is -2.29. The zero-order valence-electron chi connectivity index (χ0n) is 16.1. The highest BCUT2D eigenvalue weighted by atomic mass is 127. The molecule has 0 bridgehead atoms. The summed E-state index contributed by atoms with van der Waals surface area (Å²) in [6.45, 7) is 13.8. The van der Waals surface area contributed by atoms with Crippen molar-refractivity contribution >= 4 is 29.9 Å². The van der Waals surface area contributed by atoms with Gasteiger partial charge in [0.1, 0.15) is 0 Å². The number of aliphatic imine (C=N–C) groups is 1. The Morgan fingerprint density at radius 1 is 1.08 bits per heavy atom. The second-order valence-electron chi connectivity index (χ2n) is 7.14. The van der Waals surface area contributed by atoms with Crippen molar-refractivity contribution in [2.24, 2.45) is 16.8 Å². The fraction of sp³-hybridized carbons (Fsp3) is 0.944. The third-order valence-electron chi connectivity index (χ3n) is 4.24. The number of halogens is 1. The Labute approximate surface area is 166 Å². The van der Waals surface area contributed by atoms with Gasteiger partial charge in [0.2, 0.25) is 0 Å². The van der Waals surface area contributed by atoms with E-state index >= 15 is 0 Å². The molecular formula is C18H39IN4O. The number of ether oxygens (including phenoxy) is 1. The average molecular weight is 454 g/mol. The Morgan fingerprint density at radius 3 is 2.42 bits per heavy atom. The lowest BCUT2D eigenvalue weighted by molar-refractivity contribution is 0.128. The van der Waals surface area contributed by atoms with Crippen molar-refractivity contribution in [2.75, 3.05) is 53.0 Å². The third-order valence-corrected chi connectivity index (χ3v) is 4.24. The molecule has 1 fully saturated rings. The zero-order valence-corrected chi connectivity index (χ0v) is 18.5. The van der Waals surface area contributed by atoms with Crippen LogP contribution in [0.4, 0.5) is 0 Å². The Balaban J connectivity index is 0.00000529. The molecule has 24 heavy (non-hydrogen) atoms. The predicted molar refractivity (Wildman–Crippen MR) is 115 cm³/mol. The normalized spacial score (nSPS) is 17.5. The van der Waals surface area contributed by atoms with E-state index < -0.39 is 0 Å². The van der Waals surface area contributed by atoms with Gasteiger partial charge >= 0.3 is 0 Å². The molecule has 1 atom stereocenters. The average Bonchev–Trinajstić information content (AvgIpc) is 2.54. The lowest BCUT2D eigenvalue weighted by Crippen LogP contribution is -2.43. The number of guanidine groups is 1. The number of likely N-dealkylation sites (tertiary alicyclic amines) is 1. The Hall–Kier alpha value is -0.0800. The Kier molecular flexibility index (Phi) is 15.1. The largest absolute Gasteiger partial charge is 0.380 e. The van der Waals surface area contributed by atoms with Crippen LogP contribution in [0.25, 0.3) is 0 Å². The van der Waals surface area contributed by atoms with Gasteiger partial charge in [0.25, 0.3) is 0 Å². The van der Waals surface area contributed by atoms with Crippen molar-refractivity contribution in [2.45, 2.75) is 46.5 Å². The molecule has 0 saturated carbocycles. The van der Waals surface area contributed by atoms with E-state index in [0.29, 0.717) is 11.8 Å². The van der Waals surface area contributed by atoms with Gasteiger partial charge in [-0.2, -0.15) is 0 Å². The Morgan fingerprint density at radius 2 is 1.79 bits per heavy atom. The van der Waals surface area contributed by atoms with Gasteiger partial charge in [-0.05, 0) is 44.2 Å². The van der Waals surface area contributed by atoms with E-state index in [1.807, 2.05) is 7.05 Å². The molecule has 1 saturated heterocycles.